The predicted octanol–water partition coefficient (Wildman–Crippen LogP) is 4.41. The number of Topliss-reactive ketones (excluding diaryl/α,β-unsaturated/α-hetero) is 1. The molecule has 0 saturated carbocycles. The topological polar surface area (TPSA) is 90.4 Å². The van der Waals surface area contributed by atoms with Gasteiger partial charge in [-0.05, 0) is 30.0 Å². The first kappa shape index (κ1) is 21.3. The van der Waals surface area contributed by atoms with Crippen molar-refractivity contribution in [3.63, 3.8) is 0 Å². The molecule has 0 bridgehead atoms. The summed E-state index contributed by atoms with van der Waals surface area (Å²) < 4.78 is 0. The smallest absolute Gasteiger partial charge is 0.247 e. The molecule has 3 aliphatic rings. The van der Waals surface area contributed by atoms with Gasteiger partial charge in [0.1, 0.15) is 17.3 Å². The Labute approximate surface area is 197 Å². The molecule has 2 aliphatic heterocycles. The van der Waals surface area contributed by atoms with Gasteiger partial charge >= 0.3 is 0 Å². The number of nitrogens with two attached hydrogens (primary N) is 1. The number of nitrogens with zero attached hydrogens (tertiary/aromatic N) is 3. The Morgan fingerprint density at radius 3 is 2.33 bits per heavy atom. The van der Waals surface area contributed by atoms with Crippen LogP contribution in [-0.4, -0.2) is 18.7 Å². The quantitative estimate of drug-likeness (QED) is 0.683. The molecule has 2 heterocycles. The number of carbonyl (C=O) groups is 2. The lowest BCUT2D eigenvalue weighted by atomic mass is 9.60. The van der Waals surface area contributed by atoms with E-state index in [9.17, 15) is 14.9 Å². The molecule has 1 aliphatic carbocycles. The van der Waals surface area contributed by atoms with E-state index >= 15 is 0 Å². The van der Waals surface area contributed by atoms with Crippen molar-refractivity contribution in [1.29, 1.82) is 5.26 Å². The molecular weight excluding hydrogens is 436 g/mol. The minimum absolute atomic E-state index is 0.0519. The highest BCUT2D eigenvalue weighted by Gasteiger charge is 2.62. The van der Waals surface area contributed by atoms with Crippen LogP contribution >= 0.6 is 11.6 Å². The van der Waals surface area contributed by atoms with Gasteiger partial charge in [0.2, 0.25) is 5.91 Å². The number of anilines is 2. The number of nitriles is 1. The minimum atomic E-state index is -1.56. The molecule has 33 heavy (non-hydrogen) atoms. The molecule has 1 spiro atoms. The summed E-state index contributed by atoms with van der Waals surface area (Å²) >= 11 is 6.55. The molecule has 0 fully saturated rings. The van der Waals surface area contributed by atoms with E-state index in [-0.39, 0.29) is 34.9 Å². The number of benzene rings is 2. The molecule has 2 N–H and O–H groups in total. The molecular formula is C26H23ClN4O2. The van der Waals surface area contributed by atoms with Gasteiger partial charge in [-0.15, -0.1) is 0 Å². The Bertz CT molecular complexity index is 1350. The van der Waals surface area contributed by atoms with Crippen LogP contribution in [0, 0.1) is 16.7 Å². The molecule has 6 nitrogen and oxygen atoms in total. The van der Waals surface area contributed by atoms with Crippen molar-refractivity contribution in [1.82, 2.24) is 0 Å². The third-order valence-corrected chi connectivity index (χ3v) is 7.19. The van der Waals surface area contributed by atoms with Crippen molar-refractivity contribution < 1.29 is 9.59 Å². The molecule has 2 aromatic carbocycles. The fourth-order valence-electron chi connectivity index (χ4n) is 5.57. The van der Waals surface area contributed by atoms with Crippen molar-refractivity contribution in [2.45, 2.75) is 32.1 Å². The van der Waals surface area contributed by atoms with E-state index < -0.39 is 5.41 Å². The van der Waals surface area contributed by atoms with Crippen molar-refractivity contribution in [3.8, 4) is 6.07 Å². The second-order valence-electron chi connectivity index (χ2n) is 9.55. The Kier molecular flexibility index (Phi) is 4.50. The molecule has 5 rings (SSSR count). The molecule has 0 saturated heterocycles. The van der Waals surface area contributed by atoms with Gasteiger partial charge in [-0.1, -0.05) is 55.8 Å². The summed E-state index contributed by atoms with van der Waals surface area (Å²) in [6, 6.07) is 16.7. The van der Waals surface area contributed by atoms with Crippen LogP contribution in [0.5, 0.6) is 0 Å². The predicted molar refractivity (Wildman–Crippen MR) is 127 cm³/mol. The fraction of sp³-hybridized carbons (Fsp3) is 0.269. The van der Waals surface area contributed by atoms with Crippen LogP contribution in [0.2, 0.25) is 5.02 Å². The summed E-state index contributed by atoms with van der Waals surface area (Å²) in [5.74, 6) is -0.382. The van der Waals surface area contributed by atoms with E-state index in [0.29, 0.717) is 39.7 Å². The van der Waals surface area contributed by atoms with E-state index in [1.165, 1.54) is 4.90 Å². The van der Waals surface area contributed by atoms with Crippen LogP contribution < -0.4 is 15.5 Å². The molecule has 0 radical (unpaired) electrons. The molecule has 0 unspecified atom stereocenters. The fourth-order valence-corrected chi connectivity index (χ4v) is 5.79. The van der Waals surface area contributed by atoms with Crippen LogP contribution in [0.4, 0.5) is 11.4 Å². The second-order valence-corrected chi connectivity index (χ2v) is 9.96. The number of likely N-dealkylation sites (N-methyl/N-ethyl adjacent to an activating group) is 1. The maximum Gasteiger partial charge on any atom is 0.247 e. The number of amides is 1. The number of rotatable bonds is 1. The van der Waals surface area contributed by atoms with Crippen molar-refractivity contribution in [3.05, 3.63) is 81.8 Å². The Morgan fingerprint density at radius 1 is 1.03 bits per heavy atom. The van der Waals surface area contributed by atoms with E-state index in [1.54, 1.807) is 30.1 Å². The molecule has 2 aromatic rings. The average Bonchev–Trinajstić information content (AvgIpc) is 2.97. The SMILES string of the molecule is CN1C(=O)[C@@]2(C(C#N)=C(N)N(c3ccccc3Cl)C3=C2C(=O)CC(C)(C)C3)c2ccccc21. The van der Waals surface area contributed by atoms with E-state index in [2.05, 4.69) is 6.07 Å². The van der Waals surface area contributed by atoms with Gasteiger partial charge in [0, 0.05) is 36.0 Å². The highest BCUT2D eigenvalue weighted by atomic mass is 35.5. The van der Waals surface area contributed by atoms with Gasteiger partial charge in [-0.25, -0.2) is 0 Å². The number of carbonyl (C=O) groups excluding carboxylic acids is 2. The molecule has 0 aromatic heterocycles. The maximum absolute atomic E-state index is 14.0. The van der Waals surface area contributed by atoms with E-state index in [1.807, 2.05) is 44.2 Å². The number of allylic oxidation sites excluding steroid dienone is 1. The van der Waals surface area contributed by atoms with E-state index in [0.717, 1.165) is 0 Å². The largest absolute Gasteiger partial charge is 0.384 e. The second kappa shape index (κ2) is 6.97. The number of halogens is 1. The van der Waals surface area contributed by atoms with Crippen LogP contribution in [0.25, 0.3) is 0 Å². The Balaban J connectivity index is 1.94. The molecule has 1 amide bonds. The Hall–Kier alpha value is -3.56. The van der Waals surface area contributed by atoms with E-state index in [4.69, 9.17) is 17.3 Å². The standard InChI is InChI=1S/C26H23ClN4O2/c1-25(2)12-20-22(21(32)13-25)26(15-8-4-6-10-18(15)30(3)24(26)33)16(14-28)23(29)31(20)19-11-7-5-9-17(19)27/h4-11H,12-13,29H2,1-3H3/t26-/m1/s1. The maximum atomic E-state index is 14.0. The summed E-state index contributed by atoms with van der Waals surface area (Å²) in [7, 11) is 1.67. The zero-order valence-corrected chi connectivity index (χ0v) is 19.4. The molecule has 7 heteroatoms. The number of hydrogen-bond acceptors (Lipinski definition) is 5. The van der Waals surface area contributed by atoms with Gasteiger partial charge in [0.05, 0.1) is 16.3 Å². The summed E-state index contributed by atoms with van der Waals surface area (Å²) in [6.45, 7) is 4.03. The minimum Gasteiger partial charge on any atom is -0.384 e. The molecule has 1 atom stereocenters. The third-order valence-electron chi connectivity index (χ3n) is 6.87. The summed E-state index contributed by atoms with van der Waals surface area (Å²) in [4.78, 5) is 31.0. The number of ketones is 1. The van der Waals surface area contributed by atoms with Crippen molar-refractivity contribution >= 4 is 34.7 Å². The van der Waals surface area contributed by atoms with Crippen molar-refractivity contribution in [2.75, 3.05) is 16.8 Å². The lowest BCUT2D eigenvalue weighted by Crippen LogP contribution is -2.53. The monoisotopic (exact) mass is 458 g/mol. The summed E-state index contributed by atoms with van der Waals surface area (Å²) in [5, 5.41) is 10.8. The zero-order chi connectivity index (χ0) is 23.7. The van der Waals surface area contributed by atoms with Gasteiger partial charge in [0.25, 0.3) is 0 Å². The first-order chi connectivity index (χ1) is 15.6. The van der Waals surface area contributed by atoms with Crippen LogP contribution in [0.15, 0.2) is 71.2 Å². The normalized spacial score (nSPS) is 23.7. The van der Waals surface area contributed by atoms with Crippen LogP contribution in [0.1, 0.15) is 32.3 Å². The average molecular weight is 459 g/mol. The highest BCUT2D eigenvalue weighted by molar-refractivity contribution is 6.33. The number of hydrogen-bond donors (Lipinski definition) is 1. The first-order valence-electron chi connectivity index (χ1n) is 10.7. The van der Waals surface area contributed by atoms with Gasteiger partial charge in [-0.3, -0.25) is 14.5 Å². The lowest BCUT2D eigenvalue weighted by molar-refractivity contribution is -0.124. The summed E-state index contributed by atoms with van der Waals surface area (Å²) in [6.07, 6.45) is 0.765. The molecule has 166 valence electrons. The number of para-hydroxylation sites is 2. The number of fused-ring (bicyclic) bond motifs is 3. The van der Waals surface area contributed by atoms with Gasteiger partial charge < -0.3 is 10.6 Å². The highest BCUT2D eigenvalue weighted by Crippen LogP contribution is 2.58. The summed E-state index contributed by atoms with van der Waals surface area (Å²) in [5.41, 5.74) is 7.64. The lowest BCUT2D eigenvalue weighted by Gasteiger charge is -2.47. The van der Waals surface area contributed by atoms with Crippen LogP contribution in [-0.2, 0) is 15.0 Å². The first-order valence-corrected chi connectivity index (χ1v) is 11.1. The zero-order valence-electron chi connectivity index (χ0n) is 18.6. The third kappa shape index (κ3) is 2.66. The van der Waals surface area contributed by atoms with Gasteiger partial charge in [-0.2, -0.15) is 5.26 Å². The van der Waals surface area contributed by atoms with Crippen LogP contribution in [0.3, 0.4) is 0 Å². The van der Waals surface area contributed by atoms with Gasteiger partial charge in [0.15, 0.2) is 5.78 Å². The van der Waals surface area contributed by atoms with Crippen molar-refractivity contribution in [2.24, 2.45) is 11.1 Å². The Morgan fingerprint density at radius 2 is 1.67 bits per heavy atom.